The summed E-state index contributed by atoms with van der Waals surface area (Å²) in [7, 11) is 1.52. The van der Waals surface area contributed by atoms with Gasteiger partial charge in [0.05, 0.1) is 19.1 Å². The van der Waals surface area contributed by atoms with E-state index in [1.54, 1.807) is 39.8 Å². The maximum absolute atomic E-state index is 12.2. The molecule has 0 unspecified atom stereocenters. The highest BCUT2D eigenvalue weighted by Crippen LogP contribution is 2.36. The average molecular weight is 292 g/mol. The number of ether oxygens (including phenoxy) is 2. The summed E-state index contributed by atoms with van der Waals surface area (Å²) < 4.78 is 16.3. The van der Waals surface area contributed by atoms with E-state index >= 15 is 0 Å². The Labute approximate surface area is 123 Å². The molecule has 1 aromatic heterocycles. The number of hydrogen-bond donors (Lipinski definition) is 1. The van der Waals surface area contributed by atoms with E-state index in [9.17, 15) is 9.90 Å². The number of esters is 1. The van der Waals surface area contributed by atoms with Gasteiger partial charge in [0.15, 0.2) is 0 Å². The number of benzene rings is 1. The Bertz CT molecular complexity index is 676. The molecule has 0 radical (unpaired) electrons. The lowest BCUT2D eigenvalue weighted by molar-refractivity contribution is 0.00371. The molecule has 114 valence electrons. The molecule has 5 heteroatoms. The van der Waals surface area contributed by atoms with Crippen LogP contribution in [0.2, 0.25) is 0 Å². The van der Waals surface area contributed by atoms with Gasteiger partial charge in [-0.3, -0.25) is 0 Å². The van der Waals surface area contributed by atoms with Crippen LogP contribution in [0, 0.1) is 6.92 Å². The minimum Gasteiger partial charge on any atom is -0.496 e. The molecule has 1 aromatic carbocycles. The van der Waals surface area contributed by atoms with Crippen molar-refractivity contribution < 1.29 is 23.8 Å². The quantitative estimate of drug-likeness (QED) is 0.880. The molecule has 0 saturated carbocycles. The standard InChI is InChI=1S/C16H20O5/c1-9-12-11(7-6-10(8-17)14(12)19-5)20-13(9)15(18)21-16(2,3)4/h6-7,17H,8H2,1-5H3. The molecule has 0 aliphatic carbocycles. The molecule has 2 aromatic rings. The molecule has 0 bridgehead atoms. The molecule has 2 rings (SSSR count). The Balaban J connectivity index is 2.59. The fourth-order valence-electron chi connectivity index (χ4n) is 2.22. The summed E-state index contributed by atoms with van der Waals surface area (Å²) in [5, 5.41) is 10.1. The molecular weight excluding hydrogens is 272 g/mol. The van der Waals surface area contributed by atoms with E-state index in [1.165, 1.54) is 7.11 Å². The summed E-state index contributed by atoms with van der Waals surface area (Å²) in [6.07, 6.45) is 0. The van der Waals surface area contributed by atoms with Gasteiger partial charge in [0, 0.05) is 11.1 Å². The first-order chi connectivity index (χ1) is 9.78. The summed E-state index contributed by atoms with van der Waals surface area (Å²) in [5.74, 6) is 0.170. The van der Waals surface area contributed by atoms with E-state index in [1.807, 2.05) is 0 Å². The van der Waals surface area contributed by atoms with Crippen molar-refractivity contribution in [1.82, 2.24) is 0 Å². The number of furan rings is 1. The number of methoxy groups -OCH3 is 1. The monoisotopic (exact) mass is 292 g/mol. The molecule has 0 spiro atoms. The van der Waals surface area contributed by atoms with Crippen LogP contribution in [0.25, 0.3) is 11.0 Å². The second kappa shape index (κ2) is 5.41. The molecular formula is C16H20O5. The summed E-state index contributed by atoms with van der Waals surface area (Å²) in [4.78, 5) is 12.2. The van der Waals surface area contributed by atoms with Gasteiger partial charge >= 0.3 is 5.97 Å². The zero-order chi connectivity index (χ0) is 15.8. The Morgan fingerprint density at radius 1 is 1.33 bits per heavy atom. The van der Waals surface area contributed by atoms with Crippen LogP contribution >= 0.6 is 0 Å². The summed E-state index contributed by atoms with van der Waals surface area (Å²) in [6, 6.07) is 3.42. The van der Waals surface area contributed by atoms with Crippen molar-refractivity contribution in [2.24, 2.45) is 0 Å². The maximum Gasteiger partial charge on any atom is 0.375 e. The van der Waals surface area contributed by atoms with Crippen LogP contribution in [-0.2, 0) is 11.3 Å². The fourth-order valence-corrected chi connectivity index (χ4v) is 2.22. The number of aliphatic hydroxyl groups excluding tert-OH is 1. The number of aryl methyl sites for hydroxylation is 1. The van der Waals surface area contributed by atoms with Crippen LogP contribution in [0.1, 0.15) is 42.5 Å². The van der Waals surface area contributed by atoms with Crippen LogP contribution < -0.4 is 4.74 Å². The first-order valence-corrected chi connectivity index (χ1v) is 6.71. The van der Waals surface area contributed by atoms with Gasteiger partial charge in [0.25, 0.3) is 0 Å². The number of aliphatic hydroxyl groups is 1. The Hall–Kier alpha value is -2.01. The number of carbonyl (C=O) groups excluding carboxylic acids is 1. The van der Waals surface area contributed by atoms with Gasteiger partial charge in [-0.15, -0.1) is 0 Å². The number of fused-ring (bicyclic) bond motifs is 1. The third-order valence-corrected chi connectivity index (χ3v) is 3.09. The Morgan fingerprint density at radius 3 is 2.52 bits per heavy atom. The van der Waals surface area contributed by atoms with Gasteiger partial charge in [0.2, 0.25) is 5.76 Å². The summed E-state index contributed by atoms with van der Waals surface area (Å²) in [5.41, 5.74) is 1.22. The second-order valence-corrected chi connectivity index (χ2v) is 5.85. The van der Waals surface area contributed by atoms with Crippen molar-refractivity contribution in [2.75, 3.05) is 7.11 Å². The highest BCUT2D eigenvalue weighted by Gasteiger charge is 2.26. The Kier molecular flexibility index (Phi) is 3.96. The molecule has 21 heavy (non-hydrogen) atoms. The highest BCUT2D eigenvalue weighted by molar-refractivity contribution is 5.99. The molecule has 0 aliphatic heterocycles. The van der Waals surface area contributed by atoms with Crippen molar-refractivity contribution in [3.05, 3.63) is 29.0 Å². The van der Waals surface area contributed by atoms with Crippen molar-refractivity contribution in [1.29, 1.82) is 0 Å². The maximum atomic E-state index is 12.2. The Morgan fingerprint density at radius 2 is 2.00 bits per heavy atom. The smallest absolute Gasteiger partial charge is 0.375 e. The van der Waals surface area contributed by atoms with Crippen molar-refractivity contribution >= 4 is 16.9 Å². The van der Waals surface area contributed by atoms with Gasteiger partial charge < -0.3 is 19.0 Å². The molecule has 0 fully saturated rings. The summed E-state index contributed by atoms with van der Waals surface area (Å²) in [6.45, 7) is 7.02. The van der Waals surface area contributed by atoms with Crippen LogP contribution in [-0.4, -0.2) is 23.8 Å². The van der Waals surface area contributed by atoms with E-state index in [4.69, 9.17) is 13.9 Å². The molecule has 0 atom stereocenters. The molecule has 1 N–H and O–H groups in total. The lowest BCUT2D eigenvalue weighted by Gasteiger charge is -2.18. The first kappa shape index (κ1) is 15.4. The number of rotatable bonds is 3. The van der Waals surface area contributed by atoms with E-state index in [0.29, 0.717) is 27.8 Å². The molecule has 0 amide bonds. The van der Waals surface area contributed by atoms with Gasteiger partial charge in [-0.05, 0) is 39.8 Å². The zero-order valence-electron chi connectivity index (χ0n) is 12.9. The number of hydrogen-bond acceptors (Lipinski definition) is 5. The van der Waals surface area contributed by atoms with Crippen LogP contribution in [0.4, 0.5) is 0 Å². The van der Waals surface area contributed by atoms with Gasteiger partial charge in [-0.25, -0.2) is 4.79 Å². The van der Waals surface area contributed by atoms with Crippen molar-refractivity contribution in [3.8, 4) is 5.75 Å². The zero-order valence-corrected chi connectivity index (χ0v) is 12.9. The normalized spacial score (nSPS) is 11.7. The van der Waals surface area contributed by atoms with E-state index < -0.39 is 11.6 Å². The van der Waals surface area contributed by atoms with Crippen molar-refractivity contribution in [3.63, 3.8) is 0 Å². The minimum absolute atomic E-state index is 0.147. The minimum atomic E-state index is -0.594. The van der Waals surface area contributed by atoms with Crippen LogP contribution in [0.3, 0.4) is 0 Å². The first-order valence-electron chi connectivity index (χ1n) is 6.71. The lowest BCUT2D eigenvalue weighted by Crippen LogP contribution is -2.23. The topological polar surface area (TPSA) is 68.9 Å². The van der Waals surface area contributed by atoms with E-state index in [-0.39, 0.29) is 12.4 Å². The third-order valence-electron chi connectivity index (χ3n) is 3.09. The average Bonchev–Trinajstić information content (AvgIpc) is 2.73. The largest absolute Gasteiger partial charge is 0.496 e. The third kappa shape index (κ3) is 2.88. The summed E-state index contributed by atoms with van der Waals surface area (Å²) >= 11 is 0. The molecule has 0 saturated heterocycles. The van der Waals surface area contributed by atoms with E-state index in [0.717, 1.165) is 0 Å². The van der Waals surface area contributed by atoms with Crippen LogP contribution in [0.5, 0.6) is 5.75 Å². The van der Waals surface area contributed by atoms with Gasteiger partial charge in [-0.2, -0.15) is 0 Å². The van der Waals surface area contributed by atoms with Gasteiger partial charge in [0.1, 0.15) is 16.9 Å². The second-order valence-electron chi connectivity index (χ2n) is 5.85. The fraction of sp³-hybridized carbons (Fsp3) is 0.438. The molecule has 1 heterocycles. The predicted molar refractivity (Wildman–Crippen MR) is 78.6 cm³/mol. The van der Waals surface area contributed by atoms with Crippen LogP contribution in [0.15, 0.2) is 16.5 Å². The highest BCUT2D eigenvalue weighted by atomic mass is 16.6. The lowest BCUT2D eigenvalue weighted by atomic mass is 10.1. The van der Waals surface area contributed by atoms with Gasteiger partial charge in [-0.1, -0.05) is 0 Å². The SMILES string of the molecule is COc1c(CO)ccc2oc(C(=O)OC(C)(C)C)c(C)c12. The predicted octanol–water partition coefficient (Wildman–Crippen LogP) is 3.20. The molecule has 5 nitrogen and oxygen atoms in total. The molecule has 0 aliphatic rings. The number of carbonyl (C=O) groups is 1. The van der Waals surface area contributed by atoms with E-state index in [2.05, 4.69) is 0 Å². The van der Waals surface area contributed by atoms with Crippen molar-refractivity contribution in [2.45, 2.75) is 39.9 Å².